The lowest BCUT2D eigenvalue weighted by molar-refractivity contribution is 0.177. The van der Waals surface area contributed by atoms with Gasteiger partial charge in [0.2, 0.25) is 0 Å². The highest BCUT2D eigenvalue weighted by atomic mass is 15.2. The molecule has 1 N–H and O–H groups in total. The fourth-order valence-corrected chi connectivity index (χ4v) is 2.57. The minimum absolute atomic E-state index is 0.770. The van der Waals surface area contributed by atoms with Gasteiger partial charge in [-0.1, -0.05) is 13.8 Å². The van der Waals surface area contributed by atoms with Crippen LogP contribution in [0.1, 0.15) is 33.1 Å². The van der Waals surface area contributed by atoms with Crippen LogP contribution in [-0.4, -0.2) is 36.6 Å². The van der Waals surface area contributed by atoms with Crippen LogP contribution in [0.4, 0.5) is 0 Å². The number of nitrogens with zero attached hydrogens (tertiary/aromatic N) is 1. The second-order valence-corrected chi connectivity index (χ2v) is 4.67. The van der Waals surface area contributed by atoms with E-state index in [1.165, 1.54) is 32.4 Å². The molecule has 0 bridgehead atoms. The van der Waals surface area contributed by atoms with Crippen molar-refractivity contribution in [1.82, 2.24) is 10.2 Å². The molecule has 0 amide bonds. The molecule has 2 aliphatic rings. The molecule has 1 saturated carbocycles. The third-order valence-corrected chi connectivity index (χ3v) is 3.48. The Hall–Kier alpha value is -0.0800. The summed E-state index contributed by atoms with van der Waals surface area (Å²) >= 11 is 0. The molecule has 1 heterocycles. The second kappa shape index (κ2) is 3.97. The molecule has 2 rings (SSSR count). The lowest BCUT2D eigenvalue weighted by Gasteiger charge is -2.33. The fourth-order valence-electron chi connectivity index (χ4n) is 2.57. The van der Waals surface area contributed by atoms with Crippen LogP contribution in [-0.2, 0) is 0 Å². The Bertz CT molecular complexity index is 167. The summed E-state index contributed by atoms with van der Waals surface area (Å²) in [5.41, 5.74) is 0. The van der Waals surface area contributed by atoms with Crippen molar-refractivity contribution in [3.63, 3.8) is 0 Å². The van der Waals surface area contributed by atoms with Crippen molar-refractivity contribution in [3.8, 4) is 0 Å². The minimum atomic E-state index is 0.770. The van der Waals surface area contributed by atoms with Gasteiger partial charge < -0.3 is 5.32 Å². The molecule has 0 radical (unpaired) electrons. The molecule has 3 unspecified atom stereocenters. The summed E-state index contributed by atoms with van der Waals surface area (Å²) in [4.78, 5) is 2.70. The van der Waals surface area contributed by atoms with Crippen molar-refractivity contribution in [1.29, 1.82) is 0 Å². The zero-order valence-corrected chi connectivity index (χ0v) is 8.92. The van der Waals surface area contributed by atoms with E-state index in [4.69, 9.17) is 0 Å². The normalized spacial score (nSPS) is 40.6. The van der Waals surface area contributed by atoms with Crippen molar-refractivity contribution in [2.45, 2.75) is 45.2 Å². The quantitative estimate of drug-likeness (QED) is 0.711. The van der Waals surface area contributed by atoms with Gasteiger partial charge in [-0.05, 0) is 38.3 Å². The Morgan fingerprint density at radius 2 is 2.23 bits per heavy atom. The van der Waals surface area contributed by atoms with E-state index in [2.05, 4.69) is 24.1 Å². The maximum absolute atomic E-state index is 3.57. The summed E-state index contributed by atoms with van der Waals surface area (Å²) < 4.78 is 0. The molecule has 2 heteroatoms. The Morgan fingerprint density at radius 3 is 2.85 bits per heavy atom. The zero-order valence-electron chi connectivity index (χ0n) is 8.92. The van der Waals surface area contributed by atoms with Crippen molar-refractivity contribution in [2.75, 3.05) is 19.6 Å². The molecule has 2 nitrogen and oxygen atoms in total. The molecule has 3 atom stereocenters. The number of nitrogens with one attached hydrogen (secondary N) is 1. The predicted molar refractivity (Wildman–Crippen MR) is 55.8 cm³/mol. The highest BCUT2D eigenvalue weighted by Gasteiger charge is 2.39. The molecule has 0 spiro atoms. The number of hydrogen-bond donors (Lipinski definition) is 1. The van der Waals surface area contributed by atoms with Crippen LogP contribution in [0.15, 0.2) is 0 Å². The van der Waals surface area contributed by atoms with E-state index in [1.807, 2.05) is 0 Å². The third-order valence-electron chi connectivity index (χ3n) is 3.48. The zero-order chi connectivity index (χ0) is 9.26. The van der Waals surface area contributed by atoms with Crippen LogP contribution >= 0.6 is 0 Å². The Kier molecular flexibility index (Phi) is 2.89. The number of likely N-dealkylation sites (tertiary alicyclic amines) is 1. The van der Waals surface area contributed by atoms with Crippen molar-refractivity contribution in [3.05, 3.63) is 0 Å². The van der Waals surface area contributed by atoms with Crippen LogP contribution in [0.25, 0.3) is 0 Å². The SMILES string of the molecule is CCNC1CCCN(C2CC2C)C1. The smallest absolute Gasteiger partial charge is 0.0195 e. The summed E-state index contributed by atoms with van der Waals surface area (Å²) in [6, 6.07) is 1.70. The number of likely N-dealkylation sites (N-methyl/N-ethyl adjacent to an activating group) is 1. The van der Waals surface area contributed by atoms with Gasteiger partial charge in [-0.2, -0.15) is 0 Å². The molecule has 13 heavy (non-hydrogen) atoms. The summed E-state index contributed by atoms with van der Waals surface area (Å²) in [5, 5.41) is 3.57. The molecule has 1 saturated heterocycles. The van der Waals surface area contributed by atoms with Gasteiger partial charge >= 0.3 is 0 Å². The van der Waals surface area contributed by atoms with Gasteiger partial charge in [0.1, 0.15) is 0 Å². The Morgan fingerprint density at radius 1 is 1.46 bits per heavy atom. The van der Waals surface area contributed by atoms with Crippen LogP contribution in [0.3, 0.4) is 0 Å². The van der Waals surface area contributed by atoms with Gasteiger partial charge in [0.25, 0.3) is 0 Å². The molecule has 1 aliphatic carbocycles. The van der Waals surface area contributed by atoms with Gasteiger partial charge in [-0.25, -0.2) is 0 Å². The van der Waals surface area contributed by atoms with Crippen molar-refractivity contribution < 1.29 is 0 Å². The van der Waals surface area contributed by atoms with Crippen molar-refractivity contribution >= 4 is 0 Å². The lowest BCUT2D eigenvalue weighted by Crippen LogP contribution is -2.46. The highest BCUT2D eigenvalue weighted by Crippen LogP contribution is 2.36. The first kappa shape index (κ1) is 9.47. The van der Waals surface area contributed by atoms with E-state index in [0.717, 1.165) is 24.5 Å². The average molecular weight is 182 g/mol. The maximum atomic E-state index is 3.57. The lowest BCUT2D eigenvalue weighted by atomic mass is 10.1. The van der Waals surface area contributed by atoms with Crippen LogP contribution in [0.2, 0.25) is 0 Å². The van der Waals surface area contributed by atoms with Gasteiger partial charge in [-0.15, -0.1) is 0 Å². The first-order valence-corrected chi connectivity index (χ1v) is 5.78. The first-order chi connectivity index (χ1) is 6.31. The summed E-state index contributed by atoms with van der Waals surface area (Å²) in [6.07, 6.45) is 4.21. The van der Waals surface area contributed by atoms with E-state index < -0.39 is 0 Å². The third kappa shape index (κ3) is 2.23. The van der Waals surface area contributed by atoms with Gasteiger partial charge in [0.05, 0.1) is 0 Å². The molecule has 0 aromatic carbocycles. The monoisotopic (exact) mass is 182 g/mol. The van der Waals surface area contributed by atoms with E-state index in [0.29, 0.717) is 0 Å². The average Bonchev–Trinajstić information content (AvgIpc) is 2.84. The number of hydrogen-bond acceptors (Lipinski definition) is 2. The van der Waals surface area contributed by atoms with Crippen LogP contribution in [0.5, 0.6) is 0 Å². The molecule has 0 aromatic rings. The van der Waals surface area contributed by atoms with Gasteiger partial charge in [0, 0.05) is 18.6 Å². The number of piperidine rings is 1. The highest BCUT2D eigenvalue weighted by molar-refractivity contribution is 4.94. The van der Waals surface area contributed by atoms with E-state index >= 15 is 0 Å². The fraction of sp³-hybridized carbons (Fsp3) is 1.00. The second-order valence-electron chi connectivity index (χ2n) is 4.67. The molecule has 2 fully saturated rings. The number of rotatable bonds is 3. The molecule has 1 aliphatic heterocycles. The Balaban J connectivity index is 1.78. The summed E-state index contributed by atoms with van der Waals surface area (Å²) in [6.45, 7) is 8.35. The predicted octanol–water partition coefficient (Wildman–Crippen LogP) is 1.47. The molecule has 76 valence electrons. The minimum Gasteiger partial charge on any atom is -0.313 e. The standard InChI is InChI=1S/C11H22N2/c1-3-12-10-5-4-6-13(8-10)11-7-9(11)2/h9-12H,3-8H2,1-2H3. The topological polar surface area (TPSA) is 15.3 Å². The molecular formula is C11H22N2. The van der Waals surface area contributed by atoms with Crippen LogP contribution in [0, 0.1) is 5.92 Å². The van der Waals surface area contributed by atoms with E-state index in [-0.39, 0.29) is 0 Å². The molecular weight excluding hydrogens is 160 g/mol. The molecule has 0 aromatic heterocycles. The van der Waals surface area contributed by atoms with Crippen molar-refractivity contribution in [2.24, 2.45) is 5.92 Å². The van der Waals surface area contributed by atoms with Gasteiger partial charge in [0.15, 0.2) is 0 Å². The summed E-state index contributed by atoms with van der Waals surface area (Å²) in [5.74, 6) is 0.973. The first-order valence-electron chi connectivity index (χ1n) is 5.78. The Labute approximate surface area is 81.7 Å². The van der Waals surface area contributed by atoms with E-state index in [9.17, 15) is 0 Å². The maximum Gasteiger partial charge on any atom is 0.0195 e. The van der Waals surface area contributed by atoms with Gasteiger partial charge in [-0.3, -0.25) is 4.90 Å². The largest absolute Gasteiger partial charge is 0.313 e. The van der Waals surface area contributed by atoms with Crippen LogP contribution < -0.4 is 5.32 Å². The van der Waals surface area contributed by atoms with E-state index in [1.54, 1.807) is 0 Å². The summed E-state index contributed by atoms with van der Waals surface area (Å²) in [7, 11) is 0.